The average Bonchev–Trinajstić information content (AvgIpc) is 3.29. The minimum Gasteiger partial charge on any atom is -0.305 e. The van der Waals surface area contributed by atoms with Gasteiger partial charge in [-0.15, -0.1) is 0 Å². The van der Waals surface area contributed by atoms with Gasteiger partial charge in [0.15, 0.2) is 5.82 Å². The molecule has 0 spiro atoms. The van der Waals surface area contributed by atoms with Crippen molar-refractivity contribution in [2.75, 3.05) is 5.32 Å². The molecule has 0 fully saturated rings. The van der Waals surface area contributed by atoms with Gasteiger partial charge in [-0.05, 0) is 12.1 Å². The number of halogens is 1. The second-order valence-electron chi connectivity index (χ2n) is 5.32. The Morgan fingerprint density at radius 1 is 1.23 bits per heavy atom. The fourth-order valence-corrected chi connectivity index (χ4v) is 2.46. The maximum atomic E-state index is 13.7. The van der Waals surface area contributed by atoms with E-state index in [1.165, 1.54) is 29.2 Å². The molecule has 26 heavy (non-hydrogen) atoms. The van der Waals surface area contributed by atoms with Gasteiger partial charge < -0.3 is 5.32 Å². The Morgan fingerprint density at radius 3 is 2.96 bits per heavy atom. The highest BCUT2D eigenvalue weighted by Crippen LogP contribution is 2.18. The Kier molecular flexibility index (Phi) is 3.63. The summed E-state index contributed by atoms with van der Waals surface area (Å²) in [5.41, 5.74) is 0.492. The third-order valence-electron chi connectivity index (χ3n) is 3.69. The number of nitrogens with one attached hydrogen (secondary N) is 1. The van der Waals surface area contributed by atoms with Gasteiger partial charge in [-0.3, -0.25) is 9.20 Å². The van der Waals surface area contributed by atoms with Gasteiger partial charge in [0.25, 0.3) is 5.91 Å². The number of benzene rings is 1. The minimum atomic E-state index is -0.634. The third kappa shape index (κ3) is 2.65. The van der Waals surface area contributed by atoms with Crippen molar-refractivity contribution in [3.05, 3.63) is 72.2 Å². The van der Waals surface area contributed by atoms with Crippen LogP contribution in [0.4, 0.5) is 10.2 Å². The molecule has 1 N–H and O–H groups in total. The monoisotopic (exact) mass is 347 g/mol. The number of hydrogen-bond donors (Lipinski definition) is 1. The maximum Gasteiger partial charge on any atom is 0.259 e. The van der Waals surface area contributed by atoms with Crippen LogP contribution in [0.1, 0.15) is 15.9 Å². The van der Waals surface area contributed by atoms with Crippen LogP contribution in [0.2, 0.25) is 0 Å². The Balaban J connectivity index is 1.60. The smallest absolute Gasteiger partial charge is 0.259 e. The maximum absolute atomic E-state index is 13.7. The number of carbonyl (C=O) groups is 1. The van der Waals surface area contributed by atoms with Crippen LogP contribution in [-0.4, -0.2) is 30.1 Å². The number of rotatable bonds is 3. The molecule has 1 amide bonds. The van der Waals surface area contributed by atoms with Crippen molar-refractivity contribution >= 4 is 17.5 Å². The van der Waals surface area contributed by atoms with Crippen LogP contribution in [0.15, 0.2) is 55.2 Å². The van der Waals surface area contributed by atoms with E-state index in [0.717, 1.165) is 0 Å². The van der Waals surface area contributed by atoms with E-state index < -0.39 is 11.7 Å². The molecule has 0 aliphatic carbocycles. The minimum absolute atomic E-state index is 0.122. The number of amides is 1. The molecule has 8 nitrogen and oxygen atoms in total. The lowest BCUT2D eigenvalue weighted by molar-refractivity contribution is 0.102. The van der Waals surface area contributed by atoms with Crippen LogP contribution >= 0.6 is 0 Å². The van der Waals surface area contributed by atoms with E-state index in [1.807, 2.05) is 6.07 Å². The molecule has 126 valence electrons. The summed E-state index contributed by atoms with van der Waals surface area (Å²) < 4.78 is 16.7. The molecule has 4 rings (SSSR count). The van der Waals surface area contributed by atoms with E-state index in [9.17, 15) is 9.18 Å². The number of fused-ring (bicyclic) bond motifs is 1. The van der Waals surface area contributed by atoms with E-state index in [4.69, 9.17) is 5.26 Å². The molecule has 1 aromatic carbocycles. The summed E-state index contributed by atoms with van der Waals surface area (Å²) in [5.74, 6) is -0.293. The predicted octanol–water partition coefficient (Wildman–Crippen LogP) is 2.18. The second-order valence-corrected chi connectivity index (χ2v) is 5.32. The average molecular weight is 347 g/mol. The van der Waals surface area contributed by atoms with E-state index in [2.05, 4.69) is 20.4 Å². The third-order valence-corrected chi connectivity index (χ3v) is 3.69. The van der Waals surface area contributed by atoms with Gasteiger partial charge in [0, 0.05) is 37.1 Å². The van der Waals surface area contributed by atoms with Gasteiger partial charge in [-0.2, -0.15) is 10.4 Å². The zero-order valence-corrected chi connectivity index (χ0v) is 13.2. The van der Waals surface area contributed by atoms with Gasteiger partial charge in [-0.1, -0.05) is 6.07 Å². The topological polar surface area (TPSA) is 101 Å². The Hall–Kier alpha value is -4.06. The quantitative estimate of drug-likeness (QED) is 0.612. The van der Waals surface area contributed by atoms with Crippen molar-refractivity contribution in [1.29, 1.82) is 5.26 Å². The first kappa shape index (κ1) is 15.5. The highest BCUT2D eigenvalue weighted by atomic mass is 19.1. The lowest BCUT2D eigenvalue weighted by Crippen LogP contribution is -2.14. The molecule has 0 aliphatic heterocycles. The highest BCUT2D eigenvalue weighted by molar-refractivity contribution is 6.03. The predicted molar refractivity (Wildman–Crippen MR) is 89.2 cm³/mol. The second kappa shape index (κ2) is 6.10. The van der Waals surface area contributed by atoms with Crippen molar-refractivity contribution in [2.24, 2.45) is 0 Å². The summed E-state index contributed by atoms with van der Waals surface area (Å²) in [7, 11) is 0. The van der Waals surface area contributed by atoms with E-state index >= 15 is 0 Å². The number of anilines is 1. The molecule has 0 saturated carbocycles. The Labute approximate surface area is 146 Å². The van der Waals surface area contributed by atoms with Gasteiger partial charge in [-0.25, -0.2) is 19.0 Å². The van der Waals surface area contributed by atoms with Crippen molar-refractivity contribution < 1.29 is 9.18 Å². The summed E-state index contributed by atoms with van der Waals surface area (Å²) in [6, 6.07) is 7.61. The number of aromatic nitrogens is 5. The summed E-state index contributed by atoms with van der Waals surface area (Å²) >= 11 is 0. The Bertz CT molecular complexity index is 1170. The van der Waals surface area contributed by atoms with Crippen molar-refractivity contribution in [3.63, 3.8) is 0 Å². The number of nitriles is 1. The molecule has 0 unspecified atom stereocenters. The van der Waals surface area contributed by atoms with E-state index in [-0.39, 0.29) is 17.1 Å². The number of imidazole rings is 1. The molecule has 0 saturated heterocycles. The van der Waals surface area contributed by atoms with Gasteiger partial charge >= 0.3 is 0 Å². The van der Waals surface area contributed by atoms with Crippen molar-refractivity contribution in [2.45, 2.75) is 0 Å². The highest BCUT2D eigenvalue weighted by Gasteiger charge is 2.13. The summed E-state index contributed by atoms with van der Waals surface area (Å²) in [4.78, 5) is 20.4. The fraction of sp³-hybridized carbons (Fsp3) is 0. The molecule has 0 atom stereocenters. The lowest BCUT2D eigenvalue weighted by atomic mass is 10.2. The fourth-order valence-electron chi connectivity index (χ4n) is 2.46. The molecule has 9 heteroatoms. The number of carbonyl (C=O) groups excluding carboxylic acids is 1. The van der Waals surface area contributed by atoms with Crippen LogP contribution in [0.5, 0.6) is 0 Å². The Morgan fingerprint density at radius 2 is 2.12 bits per heavy atom. The molecular weight excluding hydrogens is 337 g/mol. The first-order valence-electron chi connectivity index (χ1n) is 7.50. The summed E-state index contributed by atoms with van der Waals surface area (Å²) in [6.07, 6.45) is 7.80. The molecule has 4 aromatic rings. The zero-order chi connectivity index (χ0) is 18.1. The molecule has 0 radical (unpaired) electrons. The SMILES string of the molecule is N#Cc1c(F)cccc1-n1ccc(NC(=O)c2cnc3nccn3c2)n1. The summed E-state index contributed by atoms with van der Waals surface area (Å²) in [6.45, 7) is 0. The zero-order valence-electron chi connectivity index (χ0n) is 13.2. The standard InChI is InChI=1S/C17H10FN7O/c18-13-2-1-3-14(12(13)8-19)25-6-4-15(23-25)22-16(26)11-9-21-17-20-5-7-24(17)10-11/h1-7,9-10H,(H,22,23,26). The largest absolute Gasteiger partial charge is 0.305 e. The van der Waals surface area contributed by atoms with Gasteiger partial charge in [0.05, 0.1) is 11.3 Å². The molecule has 3 aromatic heterocycles. The molecule has 3 heterocycles. The molecule has 0 bridgehead atoms. The lowest BCUT2D eigenvalue weighted by Gasteiger charge is -2.05. The first-order chi connectivity index (χ1) is 12.7. The normalized spacial score (nSPS) is 10.6. The van der Waals surface area contributed by atoms with Crippen LogP contribution in [0.25, 0.3) is 11.5 Å². The van der Waals surface area contributed by atoms with E-state index in [1.54, 1.807) is 35.1 Å². The van der Waals surface area contributed by atoms with Crippen LogP contribution in [0.3, 0.4) is 0 Å². The summed E-state index contributed by atoms with van der Waals surface area (Å²) in [5, 5.41) is 15.9. The van der Waals surface area contributed by atoms with Crippen molar-refractivity contribution in [3.8, 4) is 11.8 Å². The number of nitrogens with zero attached hydrogens (tertiary/aromatic N) is 6. The van der Waals surface area contributed by atoms with E-state index in [0.29, 0.717) is 11.3 Å². The van der Waals surface area contributed by atoms with Crippen LogP contribution in [-0.2, 0) is 0 Å². The number of hydrogen-bond acceptors (Lipinski definition) is 5. The first-order valence-corrected chi connectivity index (χ1v) is 7.50. The van der Waals surface area contributed by atoms with Gasteiger partial charge in [0.1, 0.15) is 17.4 Å². The molecule has 0 aliphatic rings. The van der Waals surface area contributed by atoms with Crippen molar-refractivity contribution in [1.82, 2.24) is 24.1 Å². The van der Waals surface area contributed by atoms with Crippen LogP contribution < -0.4 is 5.32 Å². The van der Waals surface area contributed by atoms with Gasteiger partial charge in [0.2, 0.25) is 5.78 Å². The van der Waals surface area contributed by atoms with Crippen LogP contribution in [0, 0.1) is 17.1 Å². The molecular formula is C17H10FN7O.